The minimum atomic E-state index is 0.130. The fraction of sp³-hybridized carbons (Fsp3) is 0.0286. The van der Waals surface area contributed by atoms with E-state index in [4.69, 9.17) is 0 Å². The summed E-state index contributed by atoms with van der Waals surface area (Å²) >= 11 is 0. The maximum absolute atomic E-state index is 4.23. The number of nitrogens with zero attached hydrogens (tertiary/aromatic N) is 3. The van der Waals surface area contributed by atoms with Gasteiger partial charge < -0.3 is 4.81 Å². The number of anilines is 2. The molecule has 3 nitrogen and oxygen atoms in total. The summed E-state index contributed by atoms with van der Waals surface area (Å²) in [5, 5.41) is 0. The fourth-order valence-electron chi connectivity index (χ4n) is 5.99. The Morgan fingerprint density at radius 1 is 0.718 bits per heavy atom. The van der Waals surface area contributed by atoms with Crippen molar-refractivity contribution in [3.05, 3.63) is 139 Å². The maximum atomic E-state index is 4.23. The summed E-state index contributed by atoms with van der Waals surface area (Å²) in [6.45, 7) is 6.04. The van der Waals surface area contributed by atoms with E-state index in [9.17, 15) is 0 Å². The first-order chi connectivity index (χ1) is 19.2. The third-order valence-electron chi connectivity index (χ3n) is 7.84. The molecule has 1 aromatic heterocycles. The fourth-order valence-corrected chi connectivity index (χ4v) is 5.99. The predicted octanol–water partition coefficient (Wildman–Crippen LogP) is 7.13. The number of allylic oxidation sites excluding steroid dienone is 3. The number of para-hydroxylation sites is 1. The number of aliphatic imine (C=N–C) groups is 1. The Balaban J connectivity index is 1.38. The van der Waals surface area contributed by atoms with E-state index in [0.717, 1.165) is 16.8 Å². The maximum Gasteiger partial charge on any atom is 0.329 e. The third-order valence-corrected chi connectivity index (χ3v) is 7.84. The van der Waals surface area contributed by atoms with E-state index in [1.165, 1.54) is 50.1 Å². The summed E-state index contributed by atoms with van der Waals surface area (Å²) in [4.78, 5) is 11.0. The van der Waals surface area contributed by atoms with Gasteiger partial charge in [0.2, 0.25) is 0 Å². The zero-order valence-corrected chi connectivity index (χ0v) is 21.8. The topological polar surface area (TPSA) is 28.5 Å². The molecule has 0 saturated carbocycles. The van der Waals surface area contributed by atoms with Gasteiger partial charge in [-0.05, 0) is 83.2 Å². The van der Waals surface area contributed by atoms with E-state index in [1.807, 2.05) is 24.4 Å². The van der Waals surface area contributed by atoms with Crippen LogP contribution in [0.4, 0.5) is 11.4 Å². The molecule has 0 amide bonds. The lowest BCUT2D eigenvalue weighted by atomic mass is 9.43. The molecule has 5 aromatic rings. The summed E-state index contributed by atoms with van der Waals surface area (Å²) in [5.41, 5.74) is 14.4. The highest BCUT2D eigenvalue weighted by molar-refractivity contribution is 6.92. The van der Waals surface area contributed by atoms with Crippen LogP contribution in [0.25, 0.3) is 33.5 Å². The monoisotopic (exact) mass is 499 g/mol. The van der Waals surface area contributed by atoms with E-state index in [1.54, 1.807) is 6.20 Å². The molecule has 0 unspecified atom stereocenters. The van der Waals surface area contributed by atoms with Gasteiger partial charge >= 0.3 is 6.85 Å². The van der Waals surface area contributed by atoms with Crippen LogP contribution in [0.1, 0.15) is 18.1 Å². The summed E-state index contributed by atoms with van der Waals surface area (Å²) in [7, 11) is 0. The Bertz CT molecular complexity index is 1800. The number of benzene rings is 4. The van der Waals surface area contributed by atoms with Crippen LogP contribution in [0.15, 0.2) is 133 Å². The molecule has 0 atom stereocenters. The number of hydrogen-bond acceptors (Lipinski definition) is 3. The molecule has 0 spiro atoms. The highest BCUT2D eigenvalue weighted by Crippen LogP contribution is 2.46. The van der Waals surface area contributed by atoms with Crippen LogP contribution >= 0.6 is 0 Å². The molecule has 0 bridgehead atoms. The van der Waals surface area contributed by atoms with Crippen molar-refractivity contribution < 1.29 is 0 Å². The zero-order valence-electron chi connectivity index (χ0n) is 21.8. The van der Waals surface area contributed by atoms with Crippen LogP contribution in [-0.2, 0) is 0 Å². The van der Waals surface area contributed by atoms with Crippen LogP contribution in [0.3, 0.4) is 0 Å². The lowest BCUT2D eigenvalue weighted by molar-refractivity contribution is 1.30. The van der Waals surface area contributed by atoms with Gasteiger partial charge in [-0.2, -0.15) is 0 Å². The standard InChI is InChI=1S/C35H26BN3/c1-24(17-19-33(37-2)26-10-9-21-38-23-26)25-18-20-35-30(22-25)28-12-4-7-15-32(28)36-31-14-6-3-11-27(31)29-13-5-8-16-34(29)39(35)36/h3-23H,2H2,1H3/b24-17+,33-19-. The minimum absolute atomic E-state index is 0.130. The van der Waals surface area contributed by atoms with E-state index >= 15 is 0 Å². The average molecular weight is 499 g/mol. The first-order valence-corrected chi connectivity index (χ1v) is 13.2. The van der Waals surface area contributed by atoms with Gasteiger partial charge in [-0.25, -0.2) is 0 Å². The van der Waals surface area contributed by atoms with Crippen molar-refractivity contribution in [3.63, 3.8) is 0 Å². The Kier molecular flexibility index (Phi) is 5.59. The Labute approximate surface area is 229 Å². The smallest absolute Gasteiger partial charge is 0.329 e. The number of hydrogen-bond donors (Lipinski definition) is 0. The van der Waals surface area contributed by atoms with Crippen LogP contribution < -0.4 is 15.7 Å². The van der Waals surface area contributed by atoms with Crippen molar-refractivity contribution in [2.24, 2.45) is 4.99 Å². The number of aromatic nitrogens is 1. The molecule has 0 N–H and O–H groups in total. The largest absolute Gasteiger partial charge is 0.376 e. The Hall–Kier alpha value is -4.96. The van der Waals surface area contributed by atoms with Gasteiger partial charge in [-0.3, -0.25) is 9.98 Å². The lowest BCUT2D eigenvalue weighted by Gasteiger charge is -2.43. The number of rotatable bonds is 4. The van der Waals surface area contributed by atoms with E-state index < -0.39 is 0 Å². The van der Waals surface area contributed by atoms with Gasteiger partial charge in [0.1, 0.15) is 0 Å². The van der Waals surface area contributed by atoms with Crippen LogP contribution in [0, 0.1) is 0 Å². The molecular weight excluding hydrogens is 473 g/mol. The molecule has 0 saturated heterocycles. The average Bonchev–Trinajstić information content (AvgIpc) is 3.01. The normalized spacial score (nSPS) is 13.6. The molecule has 2 aliphatic heterocycles. The highest BCUT2D eigenvalue weighted by atomic mass is 15.1. The molecule has 2 aliphatic rings. The van der Waals surface area contributed by atoms with E-state index in [0.29, 0.717) is 0 Å². The summed E-state index contributed by atoms with van der Waals surface area (Å²) < 4.78 is 0. The summed E-state index contributed by atoms with van der Waals surface area (Å²) in [5.74, 6) is 0. The Morgan fingerprint density at radius 2 is 1.38 bits per heavy atom. The summed E-state index contributed by atoms with van der Waals surface area (Å²) in [6, 6.07) is 37.2. The first kappa shape index (κ1) is 23.2. The van der Waals surface area contributed by atoms with Crippen molar-refractivity contribution >= 4 is 47.1 Å². The molecule has 184 valence electrons. The lowest BCUT2D eigenvalue weighted by Crippen LogP contribution is -2.59. The third kappa shape index (κ3) is 3.76. The molecule has 39 heavy (non-hydrogen) atoms. The van der Waals surface area contributed by atoms with Gasteiger partial charge in [-0.15, -0.1) is 0 Å². The van der Waals surface area contributed by atoms with E-state index in [-0.39, 0.29) is 6.85 Å². The van der Waals surface area contributed by atoms with Crippen LogP contribution in [0.2, 0.25) is 0 Å². The second kappa shape index (κ2) is 9.41. The van der Waals surface area contributed by atoms with Gasteiger partial charge in [0.15, 0.2) is 0 Å². The second-order valence-corrected chi connectivity index (χ2v) is 10.00. The SMILES string of the molecule is C=N/C(=C\C=C(/C)c1ccc2c(c1)-c1ccccc1B1c3ccccc3-c3ccccc3N12)c1cccnc1. The summed E-state index contributed by atoms with van der Waals surface area (Å²) in [6.07, 6.45) is 7.70. The van der Waals surface area contributed by atoms with Crippen LogP contribution in [0.5, 0.6) is 0 Å². The molecule has 0 aliphatic carbocycles. The predicted molar refractivity (Wildman–Crippen MR) is 166 cm³/mol. The van der Waals surface area contributed by atoms with Crippen molar-refractivity contribution in [1.29, 1.82) is 0 Å². The number of pyridine rings is 1. The van der Waals surface area contributed by atoms with Gasteiger partial charge in [0.25, 0.3) is 0 Å². The zero-order chi connectivity index (χ0) is 26.3. The molecule has 4 aromatic carbocycles. The quantitative estimate of drug-likeness (QED) is 0.150. The van der Waals surface area contributed by atoms with Crippen molar-refractivity contribution in [1.82, 2.24) is 4.98 Å². The van der Waals surface area contributed by atoms with Gasteiger partial charge in [0, 0.05) is 40.5 Å². The molecule has 4 heteroatoms. The molecule has 0 radical (unpaired) electrons. The van der Waals surface area contributed by atoms with Crippen LogP contribution in [-0.4, -0.2) is 18.5 Å². The first-order valence-electron chi connectivity index (χ1n) is 13.2. The highest BCUT2D eigenvalue weighted by Gasteiger charge is 2.41. The van der Waals surface area contributed by atoms with Gasteiger partial charge in [0.05, 0.1) is 5.70 Å². The van der Waals surface area contributed by atoms with E-state index in [2.05, 4.69) is 126 Å². The van der Waals surface area contributed by atoms with Crippen molar-refractivity contribution in [2.45, 2.75) is 6.92 Å². The molecule has 3 heterocycles. The molecule has 7 rings (SSSR count). The van der Waals surface area contributed by atoms with Crippen molar-refractivity contribution in [2.75, 3.05) is 4.81 Å². The second-order valence-electron chi connectivity index (χ2n) is 10.00. The Morgan fingerprint density at radius 3 is 2.10 bits per heavy atom. The molecular formula is C35H26BN3. The molecule has 0 fully saturated rings. The van der Waals surface area contributed by atoms with Crippen molar-refractivity contribution in [3.8, 4) is 22.3 Å². The van der Waals surface area contributed by atoms with Gasteiger partial charge in [-0.1, -0.05) is 78.9 Å². The minimum Gasteiger partial charge on any atom is -0.376 e. The number of fused-ring (bicyclic) bond motifs is 11.